The molecule has 0 aromatic carbocycles. The van der Waals surface area contributed by atoms with Crippen molar-refractivity contribution in [2.45, 2.75) is 77.5 Å². The van der Waals surface area contributed by atoms with Crippen LogP contribution in [0.2, 0.25) is 0 Å². The molecule has 208 valence electrons. The summed E-state index contributed by atoms with van der Waals surface area (Å²) in [5, 5.41) is 17.4. The maximum atomic E-state index is 13.2. The Balaban J connectivity index is 3.04. The quantitative estimate of drug-likeness (QED) is 0.0718. The van der Waals surface area contributed by atoms with Crippen molar-refractivity contribution in [2.75, 3.05) is 6.54 Å². The Kier molecular flexibility index (Phi) is 13.1. The Labute approximate surface area is 216 Å². The van der Waals surface area contributed by atoms with E-state index in [1.807, 2.05) is 6.92 Å². The van der Waals surface area contributed by atoms with Gasteiger partial charge in [0.1, 0.15) is 18.1 Å². The topological polar surface area (TPSA) is 244 Å². The lowest BCUT2D eigenvalue weighted by Crippen LogP contribution is -2.59. The molecule has 11 N–H and O–H groups in total. The van der Waals surface area contributed by atoms with Crippen LogP contribution in [0.1, 0.15) is 52.7 Å². The monoisotopic (exact) mass is 523 g/mol. The van der Waals surface area contributed by atoms with E-state index in [0.717, 1.165) is 0 Å². The minimum absolute atomic E-state index is 0.0151. The summed E-state index contributed by atoms with van der Waals surface area (Å²) in [6.45, 7) is 7.40. The van der Waals surface area contributed by atoms with Gasteiger partial charge >= 0.3 is 5.97 Å². The predicted molar refractivity (Wildman–Crippen MR) is 138 cm³/mol. The number of rotatable bonds is 16. The fraction of sp³-hybridized carbons (Fsp3) is 0.652. The standard InChI is InChI=1S/C23H41N9O5/c1-5-13(4)18(21(35)31-16(22(36)37)9-14-10-27-11-29-14)32-19(33)15(7-6-8-28-23(25)26)30-20(34)17(24)12(2)3/h10-13,15-18H,5-9,24H2,1-4H3,(H,27,29)(H,30,34)(H,31,35)(H,32,33)(H,36,37)(H4,25,26,28). The van der Waals surface area contributed by atoms with Crippen molar-refractivity contribution < 1.29 is 24.3 Å². The Bertz CT molecular complexity index is 916. The molecule has 3 amide bonds. The van der Waals surface area contributed by atoms with Crippen LogP contribution in [-0.2, 0) is 25.6 Å². The van der Waals surface area contributed by atoms with Gasteiger partial charge in [-0.3, -0.25) is 19.4 Å². The van der Waals surface area contributed by atoms with Crippen LogP contribution < -0.4 is 33.2 Å². The summed E-state index contributed by atoms with van der Waals surface area (Å²) in [4.78, 5) is 61.3. The first-order valence-corrected chi connectivity index (χ1v) is 12.3. The fourth-order valence-corrected chi connectivity index (χ4v) is 3.38. The highest BCUT2D eigenvalue weighted by atomic mass is 16.4. The van der Waals surface area contributed by atoms with Gasteiger partial charge in [-0.15, -0.1) is 0 Å². The van der Waals surface area contributed by atoms with E-state index in [1.54, 1.807) is 20.8 Å². The van der Waals surface area contributed by atoms with Gasteiger partial charge in [-0.2, -0.15) is 0 Å². The van der Waals surface area contributed by atoms with E-state index in [9.17, 15) is 24.3 Å². The first-order valence-electron chi connectivity index (χ1n) is 12.3. The van der Waals surface area contributed by atoms with E-state index in [0.29, 0.717) is 18.5 Å². The Hall–Kier alpha value is -3.68. The van der Waals surface area contributed by atoms with Gasteiger partial charge in [0.15, 0.2) is 5.96 Å². The molecule has 0 saturated carbocycles. The number of amides is 3. The molecule has 0 fully saturated rings. The first-order chi connectivity index (χ1) is 17.4. The molecule has 1 aromatic rings. The number of aromatic nitrogens is 2. The van der Waals surface area contributed by atoms with Crippen molar-refractivity contribution in [1.82, 2.24) is 25.9 Å². The smallest absolute Gasteiger partial charge is 0.326 e. The average Bonchev–Trinajstić information content (AvgIpc) is 3.35. The number of hydrogen-bond acceptors (Lipinski definition) is 7. The zero-order valence-corrected chi connectivity index (χ0v) is 21.9. The second-order valence-corrected chi connectivity index (χ2v) is 9.33. The zero-order chi connectivity index (χ0) is 28.1. The Morgan fingerprint density at radius 2 is 1.70 bits per heavy atom. The van der Waals surface area contributed by atoms with Crippen LogP contribution in [0.5, 0.6) is 0 Å². The van der Waals surface area contributed by atoms with Crippen LogP contribution in [0.3, 0.4) is 0 Å². The number of guanidine groups is 1. The van der Waals surface area contributed by atoms with Crippen LogP contribution in [0.15, 0.2) is 17.5 Å². The molecular formula is C23H41N9O5. The molecule has 5 unspecified atom stereocenters. The molecule has 1 aromatic heterocycles. The van der Waals surface area contributed by atoms with Gasteiger partial charge < -0.3 is 43.2 Å². The largest absolute Gasteiger partial charge is 0.480 e. The lowest BCUT2D eigenvalue weighted by molar-refractivity contribution is -0.142. The normalized spacial score (nSPS) is 15.1. The van der Waals surface area contributed by atoms with E-state index in [4.69, 9.17) is 17.2 Å². The number of H-pyrrole nitrogens is 1. The van der Waals surface area contributed by atoms with Crippen LogP contribution in [0.25, 0.3) is 0 Å². The number of nitrogens with two attached hydrogens (primary N) is 3. The van der Waals surface area contributed by atoms with Gasteiger partial charge in [-0.05, 0) is 24.7 Å². The molecule has 1 rings (SSSR count). The summed E-state index contributed by atoms with van der Waals surface area (Å²) in [6, 6.07) is -4.13. The summed E-state index contributed by atoms with van der Waals surface area (Å²) in [5.41, 5.74) is 17.2. The van der Waals surface area contributed by atoms with E-state index in [-0.39, 0.29) is 37.2 Å². The molecule has 37 heavy (non-hydrogen) atoms. The number of nitrogens with zero attached hydrogens (tertiary/aromatic N) is 2. The molecule has 14 heteroatoms. The minimum Gasteiger partial charge on any atom is -0.480 e. The van der Waals surface area contributed by atoms with Crippen molar-refractivity contribution >= 4 is 29.7 Å². The maximum Gasteiger partial charge on any atom is 0.326 e. The third kappa shape index (κ3) is 10.9. The highest BCUT2D eigenvalue weighted by Crippen LogP contribution is 2.11. The third-order valence-electron chi connectivity index (χ3n) is 5.99. The van der Waals surface area contributed by atoms with E-state index >= 15 is 0 Å². The summed E-state index contributed by atoms with van der Waals surface area (Å²) in [5.74, 6) is -3.58. The molecule has 0 radical (unpaired) electrons. The zero-order valence-electron chi connectivity index (χ0n) is 21.9. The minimum atomic E-state index is -1.24. The summed E-state index contributed by atoms with van der Waals surface area (Å²) >= 11 is 0. The fourth-order valence-electron chi connectivity index (χ4n) is 3.38. The third-order valence-corrected chi connectivity index (χ3v) is 5.99. The average molecular weight is 524 g/mol. The predicted octanol–water partition coefficient (Wildman–Crippen LogP) is -1.43. The molecular weight excluding hydrogens is 482 g/mol. The van der Waals surface area contributed by atoms with Crippen molar-refractivity contribution in [3.8, 4) is 0 Å². The van der Waals surface area contributed by atoms with E-state index < -0.39 is 47.9 Å². The number of aliphatic imine (C=N–C) groups is 1. The number of carboxylic acids is 1. The number of aliphatic carboxylic acids is 1. The number of carbonyl (C=O) groups excluding carboxylic acids is 3. The molecule has 5 atom stereocenters. The number of carboxylic acid groups (broad SMARTS) is 1. The maximum absolute atomic E-state index is 13.2. The Morgan fingerprint density at radius 1 is 1.05 bits per heavy atom. The van der Waals surface area contributed by atoms with Crippen LogP contribution in [0.4, 0.5) is 0 Å². The summed E-state index contributed by atoms with van der Waals surface area (Å²) in [6.07, 6.45) is 3.94. The molecule has 0 aliphatic carbocycles. The van der Waals surface area contributed by atoms with Gasteiger partial charge in [0.2, 0.25) is 17.7 Å². The summed E-state index contributed by atoms with van der Waals surface area (Å²) < 4.78 is 0. The van der Waals surface area contributed by atoms with Crippen LogP contribution in [0, 0.1) is 11.8 Å². The number of hydrogen-bond donors (Lipinski definition) is 8. The molecule has 0 saturated heterocycles. The molecule has 0 aliphatic rings. The van der Waals surface area contributed by atoms with Gasteiger partial charge in [0.25, 0.3) is 0 Å². The second kappa shape index (κ2) is 15.4. The number of aromatic amines is 1. The molecule has 0 aliphatic heterocycles. The van der Waals surface area contributed by atoms with E-state index in [2.05, 4.69) is 30.9 Å². The van der Waals surface area contributed by atoms with Gasteiger partial charge in [0, 0.05) is 24.9 Å². The van der Waals surface area contributed by atoms with Crippen molar-refractivity contribution in [1.29, 1.82) is 0 Å². The SMILES string of the molecule is CCC(C)C(NC(=O)C(CCCN=C(N)N)NC(=O)C(N)C(C)C)C(=O)NC(Cc1cnc[nH]1)C(=O)O. The Morgan fingerprint density at radius 3 is 2.22 bits per heavy atom. The highest BCUT2D eigenvalue weighted by Gasteiger charge is 2.33. The van der Waals surface area contributed by atoms with Crippen molar-refractivity contribution in [3.63, 3.8) is 0 Å². The molecule has 0 spiro atoms. The number of nitrogens with one attached hydrogen (secondary N) is 4. The molecule has 0 bridgehead atoms. The van der Waals surface area contributed by atoms with Gasteiger partial charge in [-0.1, -0.05) is 34.1 Å². The first kappa shape index (κ1) is 31.4. The van der Waals surface area contributed by atoms with Crippen LogP contribution >= 0.6 is 0 Å². The second-order valence-electron chi connectivity index (χ2n) is 9.33. The summed E-state index contributed by atoms with van der Waals surface area (Å²) in [7, 11) is 0. The van der Waals surface area contributed by atoms with Gasteiger partial charge in [-0.25, -0.2) is 9.78 Å². The lowest BCUT2D eigenvalue weighted by atomic mass is 9.96. The van der Waals surface area contributed by atoms with E-state index in [1.165, 1.54) is 12.5 Å². The lowest BCUT2D eigenvalue weighted by Gasteiger charge is -2.28. The van der Waals surface area contributed by atoms with Crippen molar-refractivity contribution in [2.24, 2.45) is 34.0 Å². The number of imidazole rings is 1. The molecule has 1 heterocycles. The van der Waals surface area contributed by atoms with Crippen molar-refractivity contribution in [3.05, 3.63) is 18.2 Å². The van der Waals surface area contributed by atoms with Crippen LogP contribution in [-0.4, -0.2) is 75.4 Å². The molecule has 14 nitrogen and oxygen atoms in total. The number of carbonyl (C=O) groups is 4. The van der Waals surface area contributed by atoms with Gasteiger partial charge in [0.05, 0.1) is 12.4 Å². The highest BCUT2D eigenvalue weighted by molar-refractivity contribution is 5.94.